The Bertz CT molecular complexity index is 1670. The van der Waals surface area contributed by atoms with Crippen molar-refractivity contribution in [2.45, 2.75) is 19.4 Å². The number of carbonyl (C=O) groups excluding carboxylic acids is 1. The minimum absolute atomic E-state index is 0.225. The molecule has 11 nitrogen and oxygen atoms in total. The van der Waals surface area contributed by atoms with Crippen LogP contribution >= 0.6 is 0 Å². The minimum atomic E-state index is -0.303. The standard InChI is InChI=1S/C31H33N7O4/c1-41-23-6-3-20(4-7-23)18-38-27(30-33-25-9-8-24(42-2)15-26(25)34-30)16-28(36-38)35-31(40)22-5-10-29(32-17-22)37-13-11-21(19-39)12-14-37/h3-10,15-17,21,39H,11-14,18-19H2,1-2H3,(H,33,34)(H,35,36,40). The van der Waals surface area contributed by atoms with Crippen LogP contribution in [0.5, 0.6) is 11.5 Å². The quantitative estimate of drug-likeness (QED) is 0.240. The van der Waals surface area contributed by atoms with Gasteiger partial charge in [0.1, 0.15) is 23.0 Å². The number of rotatable bonds is 9. The van der Waals surface area contributed by atoms with Crippen LogP contribution < -0.4 is 19.7 Å². The molecule has 1 amide bonds. The van der Waals surface area contributed by atoms with Gasteiger partial charge in [-0.3, -0.25) is 9.48 Å². The molecule has 42 heavy (non-hydrogen) atoms. The Morgan fingerprint density at radius 3 is 2.48 bits per heavy atom. The lowest BCUT2D eigenvalue weighted by atomic mass is 9.98. The highest BCUT2D eigenvalue weighted by molar-refractivity contribution is 6.03. The zero-order chi connectivity index (χ0) is 29.1. The van der Waals surface area contributed by atoms with E-state index in [9.17, 15) is 9.90 Å². The average molecular weight is 568 g/mol. The molecule has 0 spiro atoms. The van der Waals surface area contributed by atoms with Crippen LogP contribution in [0.1, 0.15) is 28.8 Å². The van der Waals surface area contributed by atoms with Gasteiger partial charge in [-0.05, 0) is 60.7 Å². The third-order valence-corrected chi connectivity index (χ3v) is 7.65. The number of nitrogens with one attached hydrogen (secondary N) is 2. The lowest BCUT2D eigenvalue weighted by Gasteiger charge is -2.31. The predicted molar refractivity (Wildman–Crippen MR) is 160 cm³/mol. The molecule has 0 unspecified atom stereocenters. The molecule has 3 N–H and O–H groups in total. The van der Waals surface area contributed by atoms with E-state index in [1.165, 1.54) is 0 Å². The van der Waals surface area contributed by atoms with Gasteiger partial charge in [-0.25, -0.2) is 9.97 Å². The maximum absolute atomic E-state index is 13.2. The van der Waals surface area contributed by atoms with Gasteiger partial charge in [0, 0.05) is 38.0 Å². The Kier molecular flexibility index (Phi) is 7.74. The molecule has 11 heteroatoms. The number of aliphatic hydroxyl groups is 1. The first kappa shape index (κ1) is 27.3. The summed E-state index contributed by atoms with van der Waals surface area (Å²) in [6.45, 7) is 2.36. The Balaban J connectivity index is 1.24. The zero-order valence-corrected chi connectivity index (χ0v) is 23.6. The van der Waals surface area contributed by atoms with E-state index in [-0.39, 0.29) is 12.5 Å². The highest BCUT2D eigenvalue weighted by Crippen LogP contribution is 2.27. The van der Waals surface area contributed by atoms with Crippen molar-refractivity contribution in [2.24, 2.45) is 5.92 Å². The molecule has 1 saturated heterocycles. The summed E-state index contributed by atoms with van der Waals surface area (Å²) in [5, 5.41) is 17.0. The first-order valence-electron chi connectivity index (χ1n) is 13.9. The number of aliphatic hydroxyl groups excluding tert-OH is 1. The van der Waals surface area contributed by atoms with E-state index in [2.05, 4.69) is 20.2 Å². The predicted octanol–water partition coefficient (Wildman–Crippen LogP) is 4.35. The van der Waals surface area contributed by atoms with Crippen LogP contribution in [-0.2, 0) is 6.54 Å². The fraction of sp³-hybridized carbons (Fsp3) is 0.290. The molecule has 0 aliphatic carbocycles. The van der Waals surface area contributed by atoms with Gasteiger partial charge < -0.3 is 29.8 Å². The fourth-order valence-corrected chi connectivity index (χ4v) is 5.17. The van der Waals surface area contributed by atoms with Crippen molar-refractivity contribution in [3.05, 3.63) is 78.0 Å². The lowest BCUT2D eigenvalue weighted by Crippen LogP contribution is -2.35. The summed E-state index contributed by atoms with van der Waals surface area (Å²) in [4.78, 5) is 28.0. The van der Waals surface area contributed by atoms with Crippen LogP contribution in [0.3, 0.4) is 0 Å². The summed E-state index contributed by atoms with van der Waals surface area (Å²) in [5.74, 6) is 3.39. The highest BCUT2D eigenvalue weighted by atomic mass is 16.5. The number of fused-ring (bicyclic) bond motifs is 1. The summed E-state index contributed by atoms with van der Waals surface area (Å²) < 4.78 is 12.5. The van der Waals surface area contributed by atoms with Gasteiger partial charge in [0.25, 0.3) is 5.91 Å². The summed E-state index contributed by atoms with van der Waals surface area (Å²) in [6.07, 6.45) is 3.45. The van der Waals surface area contributed by atoms with Gasteiger partial charge in [-0.15, -0.1) is 0 Å². The maximum atomic E-state index is 13.2. The summed E-state index contributed by atoms with van der Waals surface area (Å²) in [7, 11) is 3.26. The minimum Gasteiger partial charge on any atom is -0.497 e. The normalized spacial score (nSPS) is 13.8. The molecule has 1 aliphatic rings. The molecule has 3 aromatic heterocycles. The molecule has 0 radical (unpaired) electrons. The Hall–Kier alpha value is -4.90. The third kappa shape index (κ3) is 5.77. The number of hydrogen-bond acceptors (Lipinski definition) is 8. The number of pyridine rings is 1. The van der Waals surface area contributed by atoms with Crippen molar-refractivity contribution in [1.82, 2.24) is 24.7 Å². The number of methoxy groups -OCH3 is 2. The van der Waals surface area contributed by atoms with Crippen LogP contribution in [0, 0.1) is 5.92 Å². The average Bonchev–Trinajstić information content (AvgIpc) is 3.64. The van der Waals surface area contributed by atoms with Gasteiger partial charge in [0.05, 0.1) is 37.4 Å². The summed E-state index contributed by atoms with van der Waals surface area (Å²) in [6, 6.07) is 18.9. The van der Waals surface area contributed by atoms with Crippen molar-refractivity contribution in [1.29, 1.82) is 0 Å². The van der Waals surface area contributed by atoms with Crippen LogP contribution in [0.4, 0.5) is 11.6 Å². The van der Waals surface area contributed by atoms with Crippen molar-refractivity contribution in [3.63, 3.8) is 0 Å². The van der Waals surface area contributed by atoms with Crippen molar-refractivity contribution in [2.75, 3.05) is 44.1 Å². The number of hydrogen-bond donors (Lipinski definition) is 3. The van der Waals surface area contributed by atoms with E-state index in [0.29, 0.717) is 29.7 Å². The molecule has 0 atom stereocenters. The van der Waals surface area contributed by atoms with Crippen LogP contribution in [0.2, 0.25) is 0 Å². The van der Waals surface area contributed by atoms with E-state index in [4.69, 9.17) is 19.6 Å². The number of aromatic nitrogens is 5. The van der Waals surface area contributed by atoms with Crippen molar-refractivity contribution >= 4 is 28.6 Å². The summed E-state index contributed by atoms with van der Waals surface area (Å²) in [5.41, 5.74) is 3.79. The van der Waals surface area contributed by atoms with Gasteiger partial charge in [-0.1, -0.05) is 12.1 Å². The number of piperidine rings is 1. The summed E-state index contributed by atoms with van der Waals surface area (Å²) >= 11 is 0. The van der Waals surface area contributed by atoms with Crippen molar-refractivity contribution in [3.8, 4) is 23.0 Å². The topological polar surface area (TPSA) is 130 Å². The fourth-order valence-electron chi connectivity index (χ4n) is 5.17. The molecular formula is C31H33N7O4. The molecule has 0 saturated carbocycles. The van der Waals surface area contributed by atoms with Gasteiger partial charge in [0.15, 0.2) is 11.6 Å². The molecule has 6 rings (SSSR count). The van der Waals surface area contributed by atoms with E-state index in [0.717, 1.165) is 65.5 Å². The molecule has 5 aromatic rings. The monoisotopic (exact) mass is 567 g/mol. The Labute approximate surface area is 243 Å². The SMILES string of the molecule is COc1ccc(Cn2nc(NC(=O)c3ccc(N4CCC(CO)CC4)nc3)cc2-c2nc3cc(OC)ccc3[nH]2)cc1. The van der Waals surface area contributed by atoms with E-state index in [1.54, 1.807) is 26.5 Å². The second-order valence-corrected chi connectivity index (χ2v) is 10.4. The Morgan fingerprint density at radius 1 is 1.02 bits per heavy atom. The molecule has 2 aromatic carbocycles. The number of H-pyrrole nitrogens is 1. The number of carbonyl (C=O) groups is 1. The van der Waals surface area contributed by atoms with Crippen LogP contribution in [-0.4, -0.2) is 69.7 Å². The van der Waals surface area contributed by atoms with E-state index in [1.807, 2.05) is 59.3 Å². The number of benzene rings is 2. The number of ether oxygens (including phenoxy) is 2. The highest BCUT2D eigenvalue weighted by Gasteiger charge is 2.21. The first-order valence-corrected chi connectivity index (χ1v) is 13.9. The molecule has 216 valence electrons. The first-order chi connectivity index (χ1) is 20.5. The number of aromatic amines is 1. The smallest absolute Gasteiger partial charge is 0.258 e. The molecule has 1 aliphatic heterocycles. The molecule has 1 fully saturated rings. The molecule has 4 heterocycles. The number of anilines is 2. The van der Waals surface area contributed by atoms with Crippen molar-refractivity contribution < 1.29 is 19.4 Å². The van der Waals surface area contributed by atoms with Gasteiger partial charge >= 0.3 is 0 Å². The number of imidazole rings is 1. The molecule has 0 bridgehead atoms. The zero-order valence-electron chi connectivity index (χ0n) is 23.6. The number of nitrogens with zero attached hydrogens (tertiary/aromatic N) is 5. The van der Waals surface area contributed by atoms with Crippen LogP contribution in [0.15, 0.2) is 66.9 Å². The Morgan fingerprint density at radius 2 is 1.79 bits per heavy atom. The second-order valence-electron chi connectivity index (χ2n) is 10.4. The lowest BCUT2D eigenvalue weighted by molar-refractivity contribution is 0.102. The van der Waals surface area contributed by atoms with Crippen LogP contribution in [0.25, 0.3) is 22.6 Å². The van der Waals surface area contributed by atoms with E-state index < -0.39 is 0 Å². The second kappa shape index (κ2) is 11.9. The van der Waals surface area contributed by atoms with Gasteiger partial charge in [-0.2, -0.15) is 5.10 Å². The number of amides is 1. The third-order valence-electron chi connectivity index (χ3n) is 7.65. The van der Waals surface area contributed by atoms with Gasteiger partial charge in [0.2, 0.25) is 0 Å². The maximum Gasteiger partial charge on any atom is 0.258 e. The van der Waals surface area contributed by atoms with E-state index >= 15 is 0 Å². The molecular weight excluding hydrogens is 534 g/mol. The largest absolute Gasteiger partial charge is 0.497 e.